The molecule has 2 saturated heterocycles. The first-order valence-corrected chi connectivity index (χ1v) is 26.0. The molecule has 0 bridgehead atoms. The molecule has 32 heteroatoms. The topological polar surface area (TPSA) is 524 Å². The molecule has 446 valence electrons. The van der Waals surface area contributed by atoms with Crippen LogP contribution in [0.15, 0.2) is 36.8 Å². The number of aliphatic carboxylic acids is 2. The van der Waals surface area contributed by atoms with Gasteiger partial charge >= 0.3 is 11.9 Å². The van der Waals surface area contributed by atoms with Gasteiger partial charge in [0.1, 0.15) is 60.1 Å². The summed E-state index contributed by atoms with van der Waals surface area (Å²) in [7, 11) is 0. The molecule has 0 unspecified atom stereocenters. The summed E-state index contributed by atoms with van der Waals surface area (Å²) in [5, 5.41) is 76.2. The van der Waals surface area contributed by atoms with Crippen molar-refractivity contribution < 1.29 is 88.2 Å². The van der Waals surface area contributed by atoms with Gasteiger partial charge in [-0.05, 0) is 75.6 Å². The Morgan fingerprint density at radius 2 is 1.10 bits per heavy atom. The Balaban J connectivity index is 1.49. The minimum absolute atomic E-state index is 0.0194. The van der Waals surface area contributed by atoms with Gasteiger partial charge in [0.05, 0.1) is 38.6 Å². The first kappa shape index (κ1) is 65.2. The minimum Gasteiger partial charge on any atom is -0.508 e. The summed E-state index contributed by atoms with van der Waals surface area (Å²) in [4.78, 5) is 167. The van der Waals surface area contributed by atoms with E-state index < -0.39 is 158 Å². The summed E-state index contributed by atoms with van der Waals surface area (Å²) in [5.74, 6) is -13.0. The lowest BCUT2D eigenvalue weighted by Crippen LogP contribution is -2.61. The van der Waals surface area contributed by atoms with Crippen LogP contribution in [0.4, 0.5) is 0 Å². The molecule has 0 spiro atoms. The van der Waals surface area contributed by atoms with E-state index in [-0.39, 0.29) is 83.2 Å². The Morgan fingerprint density at radius 3 is 1.58 bits per heavy atom. The number of aliphatic hydroxyl groups is 3. The van der Waals surface area contributed by atoms with Crippen LogP contribution in [0.1, 0.15) is 75.5 Å². The highest BCUT2D eigenvalue weighted by Gasteiger charge is 2.43. The molecule has 10 atom stereocenters. The number of nitrogens with two attached hydrogens (primary N) is 3. The van der Waals surface area contributed by atoms with E-state index in [9.17, 15) is 88.2 Å². The number of aromatic nitrogens is 2. The zero-order valence-electron chi connectivity index (χ0n) is 44.1. The van der Waals surface area contributed by atoms with Crippen molar-refractivity contribution >= 4 is 71.0 Å². The van der Waals surface area contributed by atoms with E-state index in [2.05, 4.69) is 47.2 Å². The van der Waals surface area contributed by atoms with Crippen LogP contribution in [-0.4, -0.2) is 221 Å². The van der Waals surface area contributed by atoms with Crippen molar-refractivity contribution in [2.24, 2.45) is 17.2 Å². The number of phenolic OH excluding ortho intramolecular Hbond substituents is 1. The number of carbonyl (C=O) groups is 12. The Morgan fingerprint density at radius 1 is 0.617 bits per heavy atom. The molecule has 81 heavy (non-hydrogen) atoms. The fourth-order valence-corrected chi connectivity index (χ4v) is 8.94. The molecule has 1 aromatic heterocycles. The number of rotatable bonds is 33. The molecular weight excluding hydrogens is 1070 g/mol. The van der Waals surface area contributed by atoms with Crippen molar-refractivity contribution in [1.29, 1.82) is 0 Å². The second-order valence-corrected chi connectivity index (χ2v) is 19.3. The number of nitrogens with one attached hydrogen (secondary N) is 8. The molecular formula is C49H72N14O18. The lowest BCUT2D eigenvalue weighted by atomic mass is 10.0. The number of nitrogens with zero attached hydrogens (tertiary/aromatic N) is 3. The third kappa shape index (κ3) is 19.8. The van der Waals surface area contributed by atoms with E-state index in [0.717, 1.165) is 9.80 Å². The molecule has 10 amide bonds. The van der Waals surface area contributed by atoms with Crippen molar-refractivity contribution in [2.45, 2.75) is 137 Å². The number of H-pyrrole nitrogens is 1. The van der Waals surface area contributed by atoms with Gasteiger partial charge in [-0.25, -0.2) is 9.78 Å². The molecule has 2 aliphatic rings. The predicted molar refractivity (Wildman–Crippen MR) is 278 cm³/mol. The number of benzene rings is 1. The van der Waals surface area contributed by atoms with Gasteiger partial charge in [-0.15, -0.1) is 0 Å². The van der Waals surface area contributed by atoms with E-state index >= 15 is 0 Å². The quantitative estimate of drug-likeness (QED) is 0.0295. The maximum Gasteiger partial charge on any atom is 0.326 e. The standard InChI is InChI=1S/C49H72N14O18/c50-14-2-1-5-29(49(80)81)55-42(73)34(22-65)60-45(76)36-6-3-15-62(36)47(78)31(18-26-20-53-24-54-26)57-44(75)35(23-66)61-46(77)37-7-4-16-63(37)48(79)32(19-39(69)70)58-41(72)30(17-25-8-10-27(67)11-9-25)56-43(74)33(21-64)59-40(71)28(51)12-13-38(52)68/h8-11,20,24,28-37,64-67H,1-7,12-19,21-23,50-51H2,(H2,52,68)(H,53,54)(H,55,73)(H,56,74)(H,57,75)(H,58,72)(H,59,71)(H,60,76)(H,61,77)(H,69,70)(H,80,81)/t28-,29-,30-,31-,32-,33-,34-,35-,36-,37-/m0/s1. The summed E-state index contributed by atoms with van der Waals surface area (Å²) in [5.41, 5.74) is 17.0. The summed E-state index contributed by atoms with van der Waals surface area (Å²) < 4.78 is 0. The van der Waals surface area contributed by atoms with Crippen LogP contribution < -0.4 is 54.4 Å². The Kier molecular flexibility index (Phi) is 25.8. The Hall–Kier alpha value is -8.33. The van der Waals surface area contributed by atoms with Crippen LogP contribution in [0.5, 0.6) is 5.75 Å². The van der Waals surface area contributed by atoms with Crippen LogP contribution in [0, 0.1) is 0 Å². The molecule has 3 heterocycles. The van der Waals surface area contributed by atoms with Crippen LogP contribution in [-0.2, 0) is 70.4 Å². The van der Waals surface area contributed by atoms with Gasteiger partial charge in [-0.2, -0.15) is 0 Å². The van der Waals surface area contributed by atoms with Gasteiger partial charge in [0.2, 0.25) is 59.1 Å². The van der Waals surface area contributed by atoms with Crippen molar-refractivity contribution in [3.05, 3.63) is 48.0 Å². The number of phenols is 1. The third-order valence-electron chi connectivity index (χ3n) is 13.3. The van der Waals surface area contributed by atoms with Gasteiger partial charge in [0.25, 0.3) is 0 Å². The van der Waals surface area contributed by atoms with Gasteiger partial charge in [0, 0.05) is 44.2 Å². The number of primary amides is 1. The van der Waals surface area contributed by atoms with Crippen molar-refractivity contribution in [1.82, 2.24) is 57.0 Å². The summed E-state index contributed by atoms with van der Waals surface area (Å²) in [6, 6.07) is -10.3. The number of unbranched alkanes of at least 4 members (excludes halogenated alkanes) is 1. The molecule has 0 saturated carbocycles. The average Bonchev–Trinajstić information content (AvgIpc) is 4.28. The number of amides is 10. The summed E-state index contributed by atoms with van der Waals surface area (Å²) >= 11 is 0. The summed E-state index contributed by atoms with van der Waals surface area (Å²) in [6.07, 6.45) is 1.78. The van der Waals surface area contributed by atoms with Crippen molar-refractivity contribution in [3.63, 3.8) is 0 Å². The van der Waals surface area contributed by atoms with Crippen molar-refractivity contribution in [3.8, 4) is 5.75 Å². The number of carboxylic acids is 2. The highest BCUT2D eigenvalue weighted by atomic mass is 16.4. The molecule has 2 aliphatic heterocycles. The predicted octanol–water partition coefficient (Wildman–Crippen LogP) is -7.47. The number of aliphatic hydroxyl groups excluding tert-OH is 3. The molecule has 32 nitrogen and oxygen atoms in total. The van der Waals surface area contributed by atoms with Crippen LogP contribution in [0.25, 0.3) is 0 Å². The highest BCUT2D eigenvalue weighted by molar-refractivity contribution is 5.99. The Labute approximate surface area is 463 Å². The van der Waals surface area contributed by atoms with Crippen LogP contribution in [0.2, 0.25) is 0 Å². The number of carboxylic acid groups (broad SMARTS) is 2. The monoisotopic (exact) mass is 1140 g/mol. The maximum atomic E-state index is 14.3. The van der Waals surface area contributed by atoms with E-state index in [4.69, 9.17) is 17.2 Å². The molecule has 2 fully saturated rings. The first-order chi connectivity index (χ1) is 38.5. The number of likely N-dealkylation sites (tertiary alicyclic amines) is 2. The normalized spacial score (nSPS) is 17.8. The molecule has 0 aliphatic carbocycles. The van der Waals surface area contributed by atoms with Crippen LogP contribution >= 0.6 is 0 Å². The lowest BCUT2D eigenvalue weighted by Gasteiger charge is -2.31. The van der Waals surface area contributed by atoms with Crippen molar-refractivity contribution in [2.75, 3.05) is 39.5 Å². The second-order valence-electron chi connectivity index (χ2n) is 19.3. The second kappa shape index (κ2) is 32.1. The van der Waals surface area contributed by atoms with E-state index in [1.165, 1.54) is 36.8 Å². The SMILES string of the molecule is NCCCC[C@H](NC(=O)[C@H](CO)NC(=O)[C@@H]1CCCN1C(=O)[C@H](Cc1cnc[nH]1)NC(=O)[C@H](CO)NC(=O)[C@@H]1CCCN1C(=O)[C@H](CC(=O)O)NC(=O)[C@H](Cc1ccc(O)cc1)NC(=O)[C@H](CO)NC(=O)[C@@H](N)CCC(N)=O)C(=O)O. The number of aromatic amines is 1. The maximum absolute atomic E-state index is 14.3. The van der Waals surface area contributed by atoms with Gasteiger partial charge in [-0.1, -0.05) is 12.1 Å². The Bertz CT molecular complexity index is 2540. The molecule has 0 radical (unpaired) electrons. The molecule has 4 rings (SSSR count). The van der Waals surface area contributed by atoms with Gasteiger partial charge < -0.3 is 99.8 Å². The number of aromatic hydroxyl groups is 1. The van der Waals surface area contributed by atoms with Gasteiger partial charge in [0.15, 0.2) is 0 Å². The van der Waals surface area contributed by atoms with Crippen LogP contribution in [0.3, 0.4) is 0 Å². The number of hydrogen-bond acceptors (Lipinski definition) is 19. The van der Waals surface area contributed by atoms with E-state index in [1.807, 2.05) is 0 Å². The number of hydrogen-bond donors (Lipinski definition) is 17. The summed E-state index contributed by atoms with van der Waals surface area (Å²) in [6.45, 7) is -2.91. The molecule has 1 aromatic carbocycles. The highest BCUT2D eigenvalue weighted by Crippen LogP contribution is 2.22. The van der Waals surface area contributed by atoms with E-state index in [0.29, 0.717) is 24.1 Å². The third-order valence-corrected chi connectivity index (χ3v) is 13.3. The number of carbonyl (C=O) groups excluding carboxylic acids is 10. The largest absolute Gasteiger partial charge is 0.508 e. The smallest absolute Gasteiger partial charge is 0.326 e. The van der Waals surface area contributed by atoms with E-state index in [1.54, 1.807) is 0 Å². The fraction of sp³-hybridized carbons (Fsp3) is 0.571. The number of imidazole rings is 1. The molecule has 2 aromatic rings. The lowest BCUT2D eigenvalue weighted by molar-refractivity contribution is -0.146. The minimum atomic E-state index is -1.91. The molecule has 20 N–H and O–H groups in total. The zero-order chi connectivity index (χ0) is 59.9. The zero-order valence-corrected chi connectivity index (χ0v) is 44.1. The first-order valence-electron chi connectivity index (χ1n) is 26.0. The van der Waals surface area contributed by atoms with Gasteiger partial charge in [-0.3, -0.25) is 52.7 Å². The average molecular weight is 1150 g/mol. The fourth-order valence-electron chi connectivity index (χ4n) is 8.94.